The summed E-state index contributed by atoms with van der Waals surface area (Å²) in [5, 5.41) is 9.65. The van der Waals surface area contributed by atoms with Gasteiger partial charge in [0.1, 0.15) is 0 Å². The molecule has 0 radical (unpaired) electrons. The van der Waals surface area contributed by atoms with Gasteiger partial charge in [-0.3, -0.25) is 0 Å². The van der Waals surface area contributed by atoms with E-state index < -0.39 is 5.69 Å². The van der Waals surface area contributed by atoms with E-state index in [0.29, 0.717) is 27.0 Å². The standard InChI is InChI=1S/C15H11ClN2O3S.C2H6/c1-21-12-6-8(2-3-11(12)19)9-7-10(18-15(20)17-9)13-4-5-14(16)22-13;1-2/h2-7,19H,1H3,(H,17,18,20);1-2H3. The molecule has 0 aliphatic carbocycles. The van der Waals surface area contributed by atoms with Crippen molar-refractivity contribution in [2.24, 2.45) is 0 Å². The van der Waals surface area contributed by atoms with Gasteiger partial charge in [0.05, 0.1) is 27.7 Å². The summed E-state index contributed by atoms with van der Waals surface area (Å²) in [5.41, 5.74) is 1.34. The molecule has 0 aliphatic rings. The minimum atomic E-state index is -0.455. The second kappa shape index (κ2) is 7.99. The summed E-state index contributed by atoms with van der Waals surface area (Å²) in [6.07, 6.45) is 0. The van der Waals surface area contributed by atoms with Crippen molar-refractivity contribution in [1.29, 1.82) is 0 Å². The first kappa shape index (κ1) is 18.0. The van der Waals surface area contributed by atoms with Crippen molar-refractivity contribution in [3.05, 3.63) is 51.2 Å². The van der Waals surface area contributed by atoms with Crippen LogP contribution in [0.25, 0.3) is 21.8 Å². The van der Waals surface area contributed by atoms with Gasteiger partial charge in [-0.2, -0.15) is 4.98 Å². The van der Waals surface area contributed by atoms with Gasteiger partial charge >= 0.3 is 5.69 Å². The van der Waals surface area contributed by atoms with Crippen LogP contribution >= 0.6 is 22.9 Å². The summed E-state index contributed by atoms with van der Waals surface area (Å²) in [6.45, 7) is 4.00. The Morgan fingerprint density at radius 1 is 1.21 bits per heavy atom. The van der Waals surface area contributed by atoms with Crippen molar-refractivity contribution in [1.82, 2.24) is 9.97 Å². The van der Waals surface area contributed by atoms with Gasteiger partial charge in [-0.25, -0.2) is 4.79 Å². The molecule has 0 unspecified atom stereocenters. The molecule has 0 fully saturated rings. The summed E-state index contributed by atoms with van der Waals surface area (Å²) in [5.74, 6) is 0.349. The summed E-state index contributed by atoms with van der Waals surface area (Å²) >= 11 is 7.30. The molecule has 5 nitrogen and oxygen atoms in total. The third kappa shape index (κ3) is 3.96. The van der Waals surface area contributed by atoms with Gasteiger partial charge < -0.3 is 14.8 Å². The Bertz CT molecular complexity index is 890. The number of nitrogens with zero attached hydrogens (tertiary/aromatic N) is 1. The molecule has 2 aromatic heterocycles. The number of phenols is 1. The zero-order valence-electron chi connectivity index (χ0n) is 13.5. The Labute approximate surface area is 148 Å². The van der Waals surface area contributed by atoms with Gasteiger partial charge in [-0.05, 0) is 36.4 Å². The van der Waals surface area contributed by atoms with Crippen molar-refractivity contribution in [3.8, 4) is 33.3 Å². The lowest BCUT2D eigenvalue weighted by atomic mass is 10.1. The fraction of sp³-hybridized carbons (Fsp3) is 0.176. The minimum Gasteiger partial charge on any atom is -0.504 e. The molecular weight excluding hydrogens is 348 g/mol. The molecular formula is C17H17ClN2O3S. The predicted molar refractivity (Wildman–Crippen MR) is 98.2 cm³/mol. The summed E-state index contributed by atoms with van der Waals surface area (Å²) in [7, 11) is 1.46. The zero-order chi connectivity index (χ0) is 17.7. The maximum Gasteiger partial charge on any atom is 0.345 e. The van der Waals surface area contributed by atoms with E-state index in [2.05, 4.69) is 9.97 Å². The maximum atomic E-state index is 11.8. The largest absolute Gasteiger partial charge is 0.504 e. The first-order valence-corrected chi connectivity index (χ1v) is 8.51. The number of halogens is 1. The van der Waals surface area contributed by atoms with Crippen molar-refractivity contribution in [2.75, 3.05) is 7.11 Å². The highest BCUT2D eigenvalue weighted by molar-refractivity contribution is 7.19. The molecule has 24 heavy (non-hydrogen) atoms. The van der Waals surface area contributed by atoms with Gasteiger partial charge in [0.2, 0.25) is 0 Å². The molecule has 0 saturated heterocycles. The number of aromatic amines is 1. The second-order valence-electron chi connectivity index (χ2n) is 4.48. The fourth-order valence-corrected chi connectivity index (χ4v) is 3.05. The van der Waals surface area contributed by atoms with Gasteiger partial charge in [-0.1, -0.05) is 25.4 Å². The molecule has 0 spiro atoms. The Morgan fingerprint density at radius 3 is 2.58 bits per heavy atom. The number of hydrogen-bond donors (Lipinski definition) is 2. The fourth-order valence-electron chi connectivity index (χ4n) is 2.03. The van der Waals surface area contributed by atoms with E-state index in [-0.39, 0.29) is 5.75 Å². The van der Waals surface area contributed by atoms with Crippen LogP contribution in [0.4, 0.5) is 0 Å². The maximum absolute atomic E-state index is 11.8. The van der Waals surface area contributed by atoms with Crippen LogP contribution in [0, 0.1) is 0 Å². The highest BCUT2D eigenvalue weighted by Crippen LogP contribution is 2.33. The summed E-state index contributed by atoms with van der Waals surface area (Å²) in [6, 6.07) is 10.2. The molecule has 0 saturated carbocycles. The quantitative estimate of drug-likeness (QED) is 0.714. The molecule has 1 aromatic carbocycles. The topological polar surface area (TPSA) is 75.2 Å². The van der Waals surface area contributed by atoms with E-state index in [9.17, 15) is 9.90 Å². The summed E-state index contributed by atoms with van der Waals surface area (Å²) in [4.78, 5) is 19.3. The molecule has 0 aliphatic heterocycles. The summed E-state index contributed by atoms with van der Waals surface area (Å²) < 4.78 is 5.72. The average molecular weight is 365 g/mol. The molecule has 0 amide bonds. The number of benzene rings is 1. The number of H-pyrrole nitrogens is 1. The Balaban J connectivity index is 0.00000100. The third-order valence-corrected chi connectivity index (χ3v) is 4.32. The lowest BCUT2D eigenvalue weighted by Gasteiger charge is -2.07. The van der Waals surface area contributed by atoms with Crippen molar-refractivity contribution >= 4 is 22.9 Å². The van der Waals surface area contributed by atoms with E-state index in [1.807, 2.05) is 19.9 Å². The lowest BCUT2D eigenvalue weighted by molar-refractivity contribution is 0.373. The number of rotatable bonds is 3. The first-order valence-electron chi connectivity index (χ1n) is 7.31. The van der Waals surface area contributed by atoms with Crippen LogP contribution in [0.5, 0.6) is 11.5 Å². The Kier molecular flexibility index (Phi) is 6.00. The first-order chi connectivity index (χ1) is 11.6. The van der Waals surface area contributed by atoms with Crippen LogP contribution in [0.3, 0.4) is 0 Å². The van der Waals surface area contributed by atoms with Crippen molar-refractivity contribution < 1.29 is 9.84 Å². The molecule has 126 valence electrons. The molecule has 0 bridgehead atoms. The number of ether oxygens (including phenoxy) is 1. The molecule has 3 rings (SSSR count). The van der Waals surface area contributed by atoms with Crippen LogP contribution in [-0.2, 0) is 0 Å². The normalized spacial score (nSPS) is 10.0. The zero-order valence-corrected chi connectivity index (χ0v) is 15.0. The highest BCUT2D eigenvalue weighted by Gasteiger charge is 2.10. The highest BCUT2D eigenvalue weighted by atomic mass is 35.5. The van der Waals surface area contributed by atoms with Crippen molar-refractivity contribution in [3.63, 3.8) is 0 Å². The predicted octanol–water partition coefficient (Wildman–Crippen LogP) is 4.56. The van der Waals surface area contributed by atoms with Gasteiger partial charge in [-0.15, -0.1) is 11.3 Å². The van der Waals surface area contributed by atoms with Crippen molar-refractivity contribution in [2.45, 2.75) is 13.8 Å². The minimum absolute atomic E-state index is 0.0290. The number of aromatic nitrogens is 2. The molecule has 7 heteroatoms. The van der Waals surface area contributed by atoms with E-state index in [1.54, 1.807) is 24.3 Å². The van der Waals surface area contributed by atoms with E-state index in [1.165, 1.54) is 24.5 Å². The molecule has 3 aromatic rings. The monoisotopic (exact) mass is 364 g/mol. The van der Waals surface area contributed by atoms with Crippen LogP contribution in [0.1, 0.15) is 13.8 Å². The molecule has 0 atom stereocenters. The molecule has 2 N–H and O–H groups in total. The van der Waals surface area contributed by atoms with Gasteiger partial charge in [0, 0.05) is 5.56 Å². The van der Waals surface area contributed by atoms with Gasteiger partial charge in [0.15, 0.2) is 11.5 Å². The number of thiophene rings is 1. The van der Waals surface area contributed by atoms with Gasteiger partial charge in [0.25, 0.3) is 0 Å². The van der Waals surface area contributed by atoms with E-state index in [4.69, 9.17) is 16.3 Å². The van der Waals surface area contributed by atoms with E-state index in [0.717, 1.165) is 4.88 Å². The number of aromatic hydroxyl groups is 1. The Hall–Kier alpha value is -2.31. The van der Waals surface area contributed by atoms with Crippen LogP contribution in [0.2, 0.25) is 4.34 Å². The number of phenolic OH excluding ortho intramolecular Hbond substituents is 1. The average Bonchev–Trinajstić information content (AvgIpc) is 3.03. The SMILES string of the molecule is CC.COc1cc(-c2cc(-c3ccc(Cl)s3)[nH]c(=O)n2)ccc1O. The third-order valence-electron chi connectivity index (χ3n) is 3.06. The number of methoxy groups -OCH3 is 1. The number of hydrogen-bond acceptors (Lipinski definition) is 5. The van der Waals surface area contributed by atoms with Crippen LogP contribution in [-0.4, -0.2) is 22.2 Å². The Morgan fingerprint density at radius 2 is 1.96 bits per heavy atom. The molecule has 2 heterocycles. The van der Waals surface area contributed by atoms with Crippen LogP contribution in [0.15, 0.2) is 41.2 Å². The lowest BCUT2D eigenvalue weighted by Crippen LogP contribution is -2.11. The van der Waals surface area contributed by atoms with E-state index >= 15 is 0 Å². The van der Waals surface area contributed by atoms with Crippen LogP contribution < -0.4 is 10.4 Å². The number of nitrogens with one attached hydrogen (secondary N) is 1. The smallest absolute Gasteiger partial charge is 0.345 e. The second-order valence-corrected chi connectivity index (χ2v) is 6.19.